The van der Waals surface area contributed by atoms with E-state index >= 15 is 0 Å². The smallest absolute Gasteiger partial charge is 0.0390 e. The van der Waals surface area contributed by atoms with Gasteiger partial charge in [-0.25, -0.2) is 0 Å². The van der Waals surface area contributed by atoms with Crippen molar-refractivity contribution in [3.8, 4) is 0 Å². The van der Waals surface area contributed by atoms with Crippen LogP contribution in [0.4, 0.5) is 0 Å². The SMILES string of the molecule is NCCCCN=Cc1ccccc1. The molecule has 0 saturated carbocycles. The van der Waals surface area contributed by atoms with Gasteiger partial charge in [-0.15, -0.1) is 0 Å². The Bertz CT molecular complexity index is 242. The molecular formula is C11H16N2. The fourth-order valence-corrected chi connectivity index (χ4v) is 1.06. The summed E-state index contributed by atoms with van der Waals surface area (Å²) in [5.74, 6) is 0. The van der Waals surface area contributed by atoms with Crippen molar-refractivity contribution in [2.45, 2.75) is 12.8 Å². The van der Waals surface area contributed by atoms with Crippen LogP contribution in [0.5, 0.6) is 0 Å². The summed E-state index contributed by atoms with van der Waals surface area (Å²) in [7, 11) is 0. The molecule has 2 N–H and O–H groups in total. The Morgan fingerprint density at radius 1 is 1.15 bits per heavy atom. The molecule has 0 saturated heterocycles. The van der Waals surface area contributed by atoms with E-state index in [-0.39, 0.29) is 0 Å². The molecule has 0 bridgehead atoms. The lowest BCUT2D eigenvalue weighted by atomic mass is 10.2. The lowest BCUT2D eigenvalue weighted by Gasteiger charge is -1.93. The summed E-state index contributed by atoms with van der Waals surface area (Å²) in [5.41, 5.74) is 6.53. The first-order valence-corrected chi connectivity index (χ1v) is 4.68. The monoisotopic (exact) mass is 176 g/mol. The average Bonchev–Trinajstić information content (AvgIpc) is 2.19. The van der Waals surface area contributed by atoms with Crippen LogP contribution in [0.3, 0.4) is 0 Å². The maximum Gasteiger partial charge on any atom is 0.0390 e. The van der Waals surface area contributed by atoms with Crippen LogP contribution in [0.2, 0.25) is 0 Å². The maximum absolute atomic E-state index is 5.37. The maximum atomic E-state index is 5.37. The first-order chi connectivity index (χ1) is 6.43. The van der Waals surface area contributed by atoms with Crippen molar-refractivity contribution in [3.63, 3.8) is 0 Å². The van der Waals surface area contributed by atoms with Gasteiger partial charge in [0.25, 0.3) is 0 Å². The van der Waals surface area contributed by atoms with Crippen molar-refractivity contribution < 1.29 is 0 Å². The molecule has 13 heavy (non-hydrogen) atoms. The zero-order valence-electron chi connectivity index (χ0n) is 7.82. The summed E-state index contributed by atoms with van der Waals surface area (Å²) < 4.78 is 0. The standard InChI is InChI=1S/C11H16N2/c12-8-4-5-9-13-10-11-6-2-1-3-7-11/h1-3,6-7,10H,4-5,8-9,12H2. The molecule has 0 aliphatic rings. The van der Waals surface area contributed by atoms with Gasteiger partial charge in [0.1, 0.15) is 0 Å². The molecule has 0 spiro atoms. The molecule has 0 aromatic heterocycles. The molecule has 2 heteroatoms. The molecule has 70 valence electrons. The van der Waals surface area contributed by atoms with E-state index < -0.39 is 0 Å². The number of hydrogen-bond acceptors (Lipinski definition) is 2. The van der Waals surface area contributed by atoms with Crippen molar-refractivity contribution in [3.05, 3.63) is 35.9 Å². The molecule has 1 aromatic rings. The number of benzene rings is 1. The summed E-state index contributed by atoms with van der Waals surface area (Å²) in [6, 6.07) is 10.1. The number of unbranched alkanes of at least 4 members (excludes halogenated alkanes) is 1. The quantitative estimate of drug-likeness (QED) is 0.539. The predicted octanol–water partition coefficient (Wildman–Crippen LogP) is 1.84. The van der Waals surface area contributed by atoms with Crippen LogP contribution in [0.1, 0.15) is 18.4 Å². The molecule has 0 atom stereocenters. The zero-order valence-corrected chi connectivity index (χ0v) is 7.82. The molecule has 0 amide bonds. The van der Waals surface area contributed by atoms with E-state index in [0.29, 0.717) is 0 Å². The molecule has 1 rings (SSSR count). The van der Waals surface area contributed by atoms with Crippen LogP contribution in [0, 0.1) is 0 Å². The van der Waals surface area contributed by atoms with E-state index in [1.807, 2.05) is 36.5 Å². The summed E-state index contributed by atoms with van der Waals surface area (Å²) in [4.78, 5) is 4.30. The number of hydrogen-bond donors (Lipinski definition) is 1. The van der Waals surface area contributed by atoms with Crippen molar-refractivity contribution in [1.82, 2.24) is 0 Å². The van der Waals surface area contributed by atoms with Crippen LogP contribution >= 0.6 is 0 Å². The van der Waals surface area contributed by atoms with Crippen molar-refractivity contribution in [1.29, 1.82) is 0 Å². The van der Waals surface area contributed by atoms with E-state index in [4.69, 9.17) is 5.73 Å². The minimum absolute atomic E-state index is 0.765. The van der Waals surface area contributed by atoms with Crippen LogP contribution in [0.15, 0.2) is 35.3 Å². The van der Waals surface area contributed by atoms with Gasteiger partial charge in [-0.1, -0.05) is 30.3 Å². The Labute approximate surface area is 79.5 Å². The minimum Gasteiger partial charge on any atom is -0.330 e. The summed E-state index contributed by atoms with van der Waals surface area (Å²) in [6.45, 7) is 1.65. The minimum atomic E-state index is 0.765. The largest absolute Gasteiger partial charge is 0.330 e. The van der Waals surface area contributed by atoms with Crippen LogP contribution in [0.25, 0.3) is 0 Å². The molecule has 0 radical (unpaired) electrons. The van der Waals surface area contributed by atoms with E-state index in [0.717, 1.165) is 31.5 Å². The number of nitrogens with zero attached hydrogens (tertiary/aromatic N) is 1. The molecule has 0 unspecified atom stereocenters. The zero-order chi connectivity index (χ0) is 9.36. The number of aliphatic imine (C=N–C) groups is 1. The van der Waals surface area contributed by atoms with Gasteiger partial charge in [0.2, 0.25) is 0 Å². The summed E-state index contributed by atoms with van der Waals surface area (Å²) in [5, 5.41) is 0. The van der Waals surface area contributed by atoms with Gasteiger partial charge in [0.15, 0.2) is 0 Å². The normalized spacial score (nSPS) is 10.8. The second-order valence-electron chi connectivity index (χ2n) is 2.94. The Morgan fingerprint density at radius 3 is 2.62 bits per heavy atom. The third-order valence-corrected chi connectivity index (χ3v) is 1.78. The highest BCUT2D eigenvalue weighted by Crippen LogP contribution is 1.94. The molecule has 0 fully saturated rings. The Balaban J connectivity index is 2.25. The second kappa shape index (κ2) is 6.38. The molecule has 0 aliphatic heterocycles. The summed E-state index contributed by atoms with van der Waals surface area (Å²) >= 11 is 0. The van der Waals surface area contributed by atoms with E-state index in [1.54, 1.807) is 0 Å². The highest BCUT2D eigenvalue weighted by atomic mass is 14.7. The average molecular weight is 176 g/mol. The Hall–Kier alpha value is -1.15. The number of nitrogens with two attached hydrogens (primary N) is 1. The van der Waals surface area contributed by atoms with Gasteiger partial charge in [0.05, 0.1) is 0 Å². The molecule has 1 aromatic carbocycles. The first kappa shape index (κ1) is 9.93. The van der Waals surface area contributed by atoms with E-state index in [1.165, 1.54) is 0 Å². The van der Waals surface area contributed by atoms with Gasteiger partial charge in [-0.05, 0) is 24.9 Å². The van der Waals surface area contributed by atoms with E-state index in [2.05, 4.69) is 4.99 Å². The lowest BCUT2D eigenvalue weighted by molar-refractivity contribution is 0.757. The Morgan fingerprint density at radius 2 is 1.92 bits per heavy atom. The first-order valence-electron chi connectivity index (χ1n) is 4.68. The number of rotatable bonds is 5. The Kier molecular flexibility index (Phi) is 4.87. The molecule has 0 aliphatic carbocycles. The fraction of sp³-hybridized carbons (Fsp3) is 0.364. The van der Waals surface area contributed by atoms with Gasteiger partial charge < -0.3 is 5.73 Å². The van der Waals surface area contributed by atoms with Gasteiger partial charge >= 0.3 is 0 Å². The van der Waals surface area contributed by atoms with Gasteiger partial charge in [-0.3, -0.25) is 4.99 Å². The molecule has 2 nitrogen and oxygen atoms in total. The lowest BCUT2D eigenvalue weighted by Crippen LogP contribution is -1.98. The van der Waals surface area contributed by atoms with Crippen molar-refractivity contribution in [2.75, 3.05) is 13.1 Å². The van der Waals surface area contributed by atoms with Gasteiger partial charge in [0, 0.05) is 12.8 Å². The van der Waals surface area contributed by atoms with Crippen LogP contribution in [-0.4, -0.2) is 19.3 Å². The van der Waals surface area contributed by atoms with Crippen molar-refractivity contribution in [2.24, 2.45) is 10.7 Å². The topological polar surface area (TPSA) is 38.4 Å². The van der Waals surface area contributed by atoms with Crippen LogP contribution < -0.4 is 5.73 Å². The highest BCUT2D eigenvalue weighted by Gasteiger charge is 1.84. The van der Waals surface area contributed by atoms with E-state index in [9.17, 15) is 0 Å². The fourth-order valence-electron chi connectivity index (χ4n) is 1.06. The van der Waals surface area contributed by atoms with Crippen LogP contribution in [-0.2, 0) is 0 Å². The molecular weight excluding hydrogens is 160 g/mol. The highest BCUT2D eigenvalue weighted by molar-refractivity contribution is 5.79. The summed E-state index contributed by atoms with van der Waals surface area (Å²) in [6.07, 6.45) is 4.06. The second-order valence-corrected chi connectivity index (χ2v) is 2.94. The third kappa shape index (κ3) is 4.43. The molecule has 0 heterocycles. The van der Waals surface area contributed by atoms with Gasteiger partial charge in [-0.2, -0.15) is 0 Å². The van der Waals surface area contributed by atoms with Crippen molar-refractivity contribution >= 4 is 6.21 Å². The predicted molar refractivity (Wildman–Crippen MR) is 57.2 cm³/mol. The third-order valence-electron chi connectivity index (χ3n) is 1.78.